The van der Waals surface area contributed by atoms with Crippen molar-refractivity contribution < 1.29 is 13.5 Å². The minimum Gasteiger partial charge on any atom is -0.768 e. The van der Waals surface area contributed by atoms with Crippen LogP contribution in [-0.4, -0.2) is 15.4 Å². The summed E-state index contributed by atoms with van der Waals surface area (Å²) in [5.74, 6) is 0.993. The lowest BCUT2D eigenvalue weighted by molar-refractivity contribution is 0.339. The fraction of sp³-hybridized carbons (Fsp3) is 0.481. The molecule has 0 aliphatic heterocycles. The Balaban J connectivity index is 3.58. The largest absolute Gasteiger partial charge is 0.768 e. The second-order valence-electron chi connectivity index (χ2n) is 8.28. The summed E-state index contributed by atoms with van der Waals surface area (Å²) in [6.45, 7) is 23.6. The van der Waals surface area contributed by atoms with Gasteiger partial charge >= 0.3 is 0 Å². The summed E-state index contributed by atoms with van der Waals surface area (Å²) < 4.78 is 29.2. The molecule has 5 nitrogen and oxygen atoms in total. The van der Waals surface area contributed by atoms with Gasteiger partial charge in [-0.2, -0.15) is 0 Å². The van der Waals surface area contributed by atoms with Crippen LogP contribution in [0.2, 0.25) is 0 Å². The first-order valence-electron chi connectivity index (χ1n) is 11.8. The van der Waals surface area contributed by atoms with E-state index in [4.69, 9.17) is 4.74 Å². The molecule has 0 saturated heterocycles. The zero-order valence-corrected chi connectivity index (χ0v) is 22.2. The Morgan fingerprint density at radius 3 is 2.33 bits per heavy atom. The second-order valence-corrected chi connectivity index (χ2v) is 9.22. The molecule has 0 radical (unpaired) electrons. The van der Waals surface area contributed by atoms with Crippen LogP contribution in [0.1, 0.15) is 79.7 Å². The summed E-state index contributed by atoms with van der Waals surface area (Å²) in [5.41, 5.74) is 6.34. The molecule has 0 amide bonds. The van der Waals surface area contributed by atoms with Crippen LogP contribution in [0.15, 0.2) is 64.5 Å². The zero-order chi connectivity index (χ0) is 25.1. The van der Waals surface area contributed by atoms with Crippen molar-refractivity contribution >= 4 is 16.8 Å². The Labute approximate surface area is 203 Å². The van der Waals surface area contributed by atoms with Crippen LogP contribution in [0.5, 0.6) is 5.75 Å². The van der Waals surface area contributed by atoms with Crippen LogP contribution < -0.4 is 15.4 Å². The van der Waals surface area contributed by atoms with E-state index in [9.17, 15) is 8.76 Å². The van der Waals surface area contributed by atoms with Crippen molar-refractivity contribution in [1.82, 2.24) is 10.6 Å². The number of benzene rings is 1. The van der Waals surface area contributed by atoms with Crippen molar-refractivity contribution in [3.8, 4) is 5.75 Å². The molecule has 0 saturated carbocycles. The van der Waals surface area contributed by atoms with Crippen LogP contribution in [0.25, 0.3) is 5.70 Å². The maximum Gasteiger partial charge on any atom is 0.128 e. The van der Waals surface area contributed by atoms with Gasteiger partial charge < -0.3 is 19.9 Å². The minimum absolute atomic E-state index is 0.211. The van der Waals surface area contributed by atoms with Gasteiger partial charge in [-0.15, -0.1) is 0 Å². The Morgan fingerprint density at radius 1 is 1.15 bits per heavy atom. The van der Waals surface area contributed by atoms with Gasteiger partial charge in [-0.05, 0) is 86.4 Å². The van der Waals surface area contributed by atoms with Gasteiger partial charge in [0.05, 0.1) is 18.0 Å². The molecule has 0 aliphatic carbocycles. The molecular formula is C27H41N2O3S-. The molecule has 2 atom stereocenters. The summed E-state index contributed by atoms with van der Waals surface area (Å²) >= 11 is -2.34. The normalized spacial score (nSPS) is 14.5. The Kier molecular flexibility index (Phi) is 12.2. The van der Waals surface area contributed by atoms with Gasteiger partial charge in [0, 0.05) is 21.9 Å². The van der Waals surface area contributed by atoms with Crippen LogP contribution in [0.4, 0.5) is 0 Å². The van der Waals surface area contributed by atoms with Gasteiger partial charge in [-0.3, -0.25) is 4.21 Å². The van der Waals surface area contributed by atoms with Gasteiger partial charge in [0.2, 0.25) is 0 Å². The van der Waals surface area contributed by atoms with Crippen molar-refractivity contribution in [2.24, 2.45) is 5.92 Å². The fourth-order valence-corrected chi connectivity index (χ4v) is 3.78. The average molecular weight is 474 g/mol. The second kappa shape index (κ2) is 14.1. The number of rotatable bonds is 14. The average Bonchev–Trinajstić information content (AvgIpc) is 2.79. The minimum atomic E-state index is -2.34. The number of nitrogens with one attached hydrogen (secondary N) is 2. The number of hydrogen-bond donors (Lipinski definition) is 2. The number of hydrogen-bond acceptors (Lipinski definition) is 5. The van der Waals surface area contributed by atoms with Crippen molar-refractivity contribution in [2.75, 3.05) is 6.61 Å². The van der Waals surface area contributed by atoms with Gasteiger partial charge in [0.15, 0.2) is 0 Å². The number of allylic oxidation sites excluding steroid dienone is 3. The highest BCUT2D eigenvalue weighted by atomic mass is 32.2. The molecule has 1 aromatic rings. The molecule has 0 fully saturated rings. The van der Waals surface area contributed by atoms with Crippen molar-refractivity contribution in [3.05, 3.63) is 65.2 Å². The van der Waals surface area contributed by atoms with Gasteiger partial charge in [-0.25, -0.2) is 0 Å². The predicted molar refractivity (Wildman–Crippen MR) is 139 cm³/mol. The van der Waals surface area contributed by atoms with Gasteiger partial charge in [0.25, 0.3) is 0 Å². The van der Waals surface area contributed by atoms with Crippen LogP contribution in [0.3, 0.4) is 0 Å². The highest BCUT2D eigenvalue weighted by Gasteiger charge is 2.18. The molecule has 0 aliphatic rings. The van der Waals surface area contributed by atoms with E-state index in [2.05, 4.69) is 58.4 Å². The van der Waals surface area contributed by atoms with E-state index < -0.39 is 11.1 Å². The maximum atomic E-state index is 11.7. The van der Waals surface area contributed by atoms with Crippen molar-refractivity contribution in [3.63, 3.8) is 0 Å². The van der Waals surface area contributed by atoms with E-state index in [-0.39, 0.29) is 4.90 Å². The van der Waals surface area contributed by atoms with Crippen molar-refractivity contribution in [2.45, 2.75) is 79.0 Å². The smallest absolute Gasteiger partial charge is 0.128 e. The summed E-state index contributed by atoms with van der Waals surface area (Å²) in [4.78, 5) is 0.211. The third-order valence-corrected chi connectivity index (χ3v) is 6.49. The first kappa shape index (κ1) is 28.7. The first-order chi connectivity index (χ1) is 15.6. The molecule has 0 heterocycles. The lowest BCUT2D eigenvalue weighted by Gasteiger charge is -2.25. The van der Waals surface area contributed by atoms with E-state index in [1.54, 1.807) is 18.2 Å². The molecule has 2 unspecified atom stereocenters. The maximum absolute atomic E-state index is 11.7. The molecule has 0 spiro atoms. The number of ether oxygens (including phenoxy) is 1. The highest BCUT2D eigenvalue weighted by Crippen LogP contribution is 2.32. The van der Waals surface area contributed by atoms with Crippen LogP contribution >= 0.6 is 0 Å². The Morgan fingerprint density at radius 2 is 1.82 bits per heavy atom. The molecule has 1 aromatic carbocycles. The quantitative estimate of drug-likeness (QED) is 0.230. The molecule has 0 bridgehead atoms. The monoisotopic (exact) mass is 473 g/mol. The lowest BCUT2D eigenvalue weighted by Crippen LogP contribution is -2.25. The molecule has 33 heavy (non-hydrogen) atoms. The van der Waals surface area contributed by atoms with E-state index in [1.807, 2.05) is 13.8 Å². The lowest BCUT2D eigenvalue weighted by atomic mass is 9.96. The summed E-state index contributed by atoms with van der Waals surface area (Å²) in [7, 11) is 0. The molecule has 6 heteroatoms. The highest BCUT2D eigenvalue weighted by molar-refractivity contribution is 7.79. The Hall–Kier alpha value is -2.31. The Bertz CT molecular complexity index is 931. The molecular weight excluding hydrogens is 432 g/mol. The topological polar surface area (TPSA) is 73.4 Å². The van der Waals surface area contributed by atoms with E-state index in [0.29, 0.717) is 29.5 Å². The SMILES string of the molecule is C=C(CCC)N/C(C(=C)NC(=C(C)CC)c1cc(S(=O)[O-])ccc1OCC)=C(/C)C(C)CC. The van der Waals surface area contributed by atoms with Crippen molar-refractivity contribution in [1.29, 1.82) is 0 Å². The molecule has 0 aromatic heterocycles. The third kappa shape index (κ3) is 8.20. The van der Waals surface area contributed by atoms with E-state index in [1.165, 1.54) is 5.57 Å². The predicted octanol–water partition coefficient (Wildman–Crippen LogP) is 6.79. The summed E-state index contributed by atoms with van der Waals surface area (Å²) in [6.07, 6.45) is 3.66. The van der Waals surface area contributed by atoms with Crippen LogP contribution in [-0.2, 0) is 11.1 Å². The third-order valence-electron chi connectivity index (χ3n) is 5.85. The zero-order valence-electron chi connectivity index (χ0n) is 21.4. The van der Waals surface area contributed by atoms with E-state index >= 15 is 0 Å². The summed E-state index contributed by atoms with van der Waals surface area (Å²) in [6, 6.07) is 4.91. The standard InChI is InChI=1S/C27H42N2O3S/c1-10-14-20(7)28-27(21(8)18(5)11-2)22(9)29-26(19(6)12-3)24-17-23(33(30)31)15-16-25(24)32-13-4/h15-18,28-29H,7,9-14H2,1-6,8H3,(H,30,31)/p-1/b26-19?,27-21-. The molecule has 1 rings (SSSR count). The summed E-state index contributed by atoms with van der Waals surface area (Å²) in [5, 5.41) is 6.99. The molecule has 2 N–H and O–H groups in total. The van der Waals surface area contributed by atoms with Gasteiger partial charge in [0.1, 0.15) is 5.75 Å². The molecule has 184 valence electrons. The fourth-order valence-electron chi connectivity index (χ4n) is 3.39. The first-order valence-corrected chi connectivity index (χ1v) is 12.9. The van der Waals surface area contributed by atoms with Crippen LogP contribution in [0, 0.1) is 5.92 Å². The van der Waals surface area contributed by atoms with E-state index in [0.717, 1.165) is 48.3 Å². The van der Waals surface area contributed by atoms with Gasteiger partial charge in [-0.1, -0.05) is 47.3 Å².